The molecule has 0 radical (unpaired) electrons. The first-order valence-electron chi connectivity index (χ1n) is 6.93. The molecule has 1 aliphatic rings. The third-order valence-corrected chi connectivity index (χ3v) is 5.42. The standard InChI is InChI=1S/C16H15F2NO2S/c17-13-6-4-12(5-7-13)16(8-9-16)11-19-22(20,21)15-3-1-2-14(18)10-15/h1-7,10,19H,8-9,11H2. The lowest BCUT2D eigenvalue weighted by Crippen LogP contribution is -2.32. The maximum Gasteiger partial charge on any atom is 0.240 e. The van der Waals surface area contributed by atoms with Gasteiger partial charge in [-0.1, -0.05) is 18.2 Å². The van der Waals surface area contributed by atoms with Crippen molar-refractivity contribution in [2.75, 3.05) is 6.54 Å². The Bertz CT molecular complexity index is 784. The summed E-state index contributed by atoms with van der Waals surface area (Å²) in [6, 6.07) is 11.0. The Morgan fingerprint density at radius 2 is 1.68 bits per heavy atom. The van der Waals surface area contributed by atoms with E-state index in [4.69, 9.17) is 0 Å². The average molecular weight is 323 g/mol. The lowest BCUT2D eigenvalue weighted by atomic mass is 9.96. The summed E-state index contributed by atoms with van der Waals surface area (Å²) in [5.41, 5.74) is 0.629. The summed E-state index contributed by atoms with van der Waals surface area (Å²) >= 11 is 0. The summed E-state index contributed by atoms with van der Waals surface area (Å²) in [7, 11) is -3.76. The molecule has 0 spiro atoms. The highest BCUT2D eigenvalue weighted by Crippen LogP contribution is 2.47. The minimum absolute atomic E-state index is 0.0950. The Balaban J connectivity index is 1.76. The number of hydrogen-bond donors (Lipinski definition) is 1. The average Bonchev–Trinajstić information content (AvgIpc) is 3.27. The van der Waals surface area contributed by atoms with Crippen LogP contribution in [0.1, 0.15) is 18.4 Å². The molecule has 0 aromatic heterocycles. The fourth-order valence-electron chi connectivity index (χ4n) is 2.47. The van der Waals surface area contributed by atoms with Crippen molar-refractivity contribution in [1.29, 1.82) is 0 Å². The van der Waals surface area contributed by atoms with Gasteiger partial charge in [0.25, 0.3) is 0 Å². The zero-order chi connectivity index (χ0) is 15.8. The van der Waals surface area contributed by atoms with Crippen LogP contribution in [-0.4, -0.2) is 15.0 Å². The molecule has 116 valence electrons. The van der Waals surface area contributed by atoms with Crippen molar-refractivity contribution in [1.82, 2.24) is 4.72 Å². The summed E-state index contributed by atoms with van der Waals surface area (Å²) < 4.78 is 53.1. The van der Waals surface area contributed by atoms with Crippen molar-refractivity contribution in [3.8, 4) is 0 Å². The van der Waals surface area contributed by atoms with Gasteiger partial charge in [-0.3, -0.25) is 0 Å². The maximum atomic E-state index is 13.2. The van der Waals surface area contributed by atoms with Gasteiger partial charge >= 0.3 is 0 Å². The molecule has 1 saturated carbocycles. The number of rotatable bonds is 5. The van der Waals surface area contributed by atoms with Crippen molar-refractivity contribution >= 4 is 10.0 Å². The second kappa shape index (κ2) is 5.44. The quantitative estimate of drug-likeness (QED) is 0.919. The van der Waals surface area contributed by atoms with Crippen LogP contribution in [-0.2, 0) is 15.4 Å². The molecule has 0 amide bonds. The van der Waals surface area contributed by atoms with Crippen LogP contribution in [0.2, 0.25) is 0 Å². The molecule has 0 heterocycles. The van der Waals surface area contributed by atoms with Gasteiger partial charge in [0.15, 0.2) is 0 Å². The van der Waals surface area contributed by atoms with Crippen LogP contribution in [0.4, 0.5) is 8.78 Å². The van der Waals surface area contributed by atoms with Crippen LogP contribution in [0.5, 0.6) is 0 Å². The topological polar surface area (TPSA) is 46.2 Å². The van der Waals surface area contributed by atoms with Gasteiger partial charge in [0, 0.05) is 12.0 Å². The molecule has 22 heavy (non-hydrogen) atoms. The predicted octanol–water partition coefficient (Wildman–Crippen LogP) is 2.97. The zero-order valence-corrected chi connectivity index (χ0v) is 12.5. The Morgan fingerprint density at radius 1 is 1.00 bits per heavy atom. The third kappa shape index (κ3) is 3.03. The van der Waals surface area contributed by atoms with E-state index in [-0.39, 0.29) is 22.7 Å². The van der Waals surface area contributed by atoms with Gasteiger partial charge < -0.3 is 0 Å². The van der Waals surface area contributed by atoms with Gasteiger partial charge in [0.1, 0.15) is 11.6 Å². The van der Waals surface area contributed by atoms with Crippen molar-refractivity contribution in [3.63, 3.8) is 0 Å². The van der Waals surface area contributed by atoms with Crippen molar-refractivity contribution in [2.24, 2.45) is 0 Å². The minimum Gasteiger partial charge on any atom is -0.210 e. The van der Waals surface area contributed by atoms with E-state index < -0.39 is 15.8 Å². The van der Waals surface area contributed by atoms with E-state index in [0.717, 1.165) is 24.5 Å². The van der Waals surface area contributed by atoms with E-state index in [9.17, 15) is 17.2 Å². The lowest BCUT2D eigenvalue weighted by Gasteiger charge is -2.17. The first-order valence-corrected chi connectivity index (χ1v) is 8.41. The van der Waals surface area contributed by atoms with Crippen LogP contribution in [0.3, 0.4) is 0 Å². The molecule has 2 aromatic carbocycles. The Labute approximate surface area is 128 Å². The number of hydrogen-bond acceptors (Lipinski definition) is 2. The van der Waals surface area contributed by atoms with Crippen LogP contribution < -0.4 is 4.72 Å². The predicted molar refractivity (Wildman–Crippen MR) is 78.9 cm³/mol. The molecule has 1 aliphatic carbocycles. The molecule has 6 heteroatoms. The van der Waals surface area contributed by atoms with Crippen LogP contribution in [0.25, 0.3) is 0 Å². The van der Waals surface area contributed by atoms with Crippen LogP contribution in [0, 0.1) is 11.6 Å². The second-order valence-electron chi connectivity index (χ2n) is 5.57. The van der Waals surface area contributed by atoms with E-state index in [1.54, 1.807) is 12.1 Å². The number of sulfonamides is 1. The fourth-order valence-corrected chi connectivity index (χ4v) is 3.63. The van der Waals surface area contributed by atoms with E-state index in [1.807, 2.05) is 0 Å². The van der Waals surface area contributed by atoms with Gasteiger partial charge in [-0.15, -0.1) is 0 Å². The molecule has 3 nitrogen and oxygen atoms in total. The Hall–Kier alpha value is -1.79. The van der Waals surface area contributed by atoms with E-state index in [1.165, 1.54) is 30.3 Å². The fraction of sp³-hybridized carbons (Fsp3) is 0.250. The van der Waals surface area contributed by atoms with Gasteiger partial charge in [-0.25, -0.2) is 21.9 Å². The highest BCUT2D eigenvalue weighted by atomic mass is 32.2. The normalized spacial score (nSPS) is 16.5. The van der Waals surface area contributed by atoms with Gasteiger partial charge in [0.05, 0.1) is 4.90 Å². The molecule has 0 aliphatic heterocycles. The summed E-state index contributed by atoms with van der Waals surface area (Å²) in [6.45, 7) is 0.220. The summed E-state index contributed by atoms with van der Waals surface area (Å²) in [5, 5.41) is 0. The molecule has 0 atom stereocenters. The minimum atomic E-state index is -3.76. The lowest BCUT2D eigenvalue weighted by molar-refractivity contribution is 0.563. The second-order valence-corrected chi connectivity index (χ2v) is 7.34. The van der Waals surface area contributed by atoms with Crippen LogP contribution >= 0.6 is 0 Å². The van der Waals surface area contributed by atoms with E-state index in [0.29, 0.717) is 0 Å². The maximum absolute atomic E-state index is 13.2. The van der Waals surface area contributed by atoms with E-state index >= 15 is 0 Å². The molecular formula is C16H15F2NO2S. The van der Waals surface area contributed by atoms with Gasteiger partial charge in [-0.2, -0.15) is 0 Å². The molecule has 2 aromatic rings. The summed E-state index contributed by atoms with van der Waals surface area (Å²) in [5.74, 6) is -0.914. The molecular weight excluding hydrogens is 308 g/mol. The Kier molecular flexibility index (Phi) is 3.74. The summed E-state index contributed by atoms with van der Waals surface area (Å²) in [6.07, 6.45) is 1.68. The zero-order valence-electron chi connectivity index (χ0n) is 11.7. The molecule has 1 N–H and O–H groups in total. The van der Waals surface area contributed by atoms with Crippen molar-refractivity contribution in [2.45, 2.75) is 23.2 Å². The molecule has 0 saturated heterocycles. The van der Waals surface area contributed by atoms with Gasteiger partial charge in [0.2, 0.25) is 10.0 Å². The van der Waals surface area contributed by atoms with Crippen LogP contribution in [0.15, 0.2) is 53.4 Å². The van der Waals surface area contributed by atoms with Gasteiger partial charge in [-0.05, 0) is 48.7 Å². The smallest absolute Gasteiger partial charge is 0.210 e. The van der Waals surface area contributed by atoms with Crippen molar-refractivity contribution in [3.05, 3.63) is 65.7 Å². The first-order chi connectivity index (χ1) is 10.4. The largest absolute Gasteiger partial charge is 0.240 e. The highest BCUT2D eigenvalue weighted by Gasteiger charge is 2.44. The summed E-state index contributed by atoms with van der Waals surface area (Å²) in [4.78, 5) is -0.0950. The number of halogens is 2. The number of nitrogens with one attached hydrogen (secondary N) is 1. The monoisotopic (exact) mass is 323 g/mol. The molecule has 0 bridgehead atoms. The molecule has 1 fully saturated rings. The molecule has 3 rings (SSSR count). The van der Waals surface area contributed by atoms with E-state index in [2.05, 4.69) is 4.72 Å². The SMILES string of the molecule is O=S(=O)(NCC1(c2ccc(F)cc2)CC1)c1cccc(F)c1. The molecule has 0 unspecified atom stereocenters. The Morgan fingerprint density at radius 3 is 2.27 bits per heavy atom. The van der Waals surface area contributed by atoms with Crippen molar-refractivity contribution < 1.29 is 17.2 Å². The highest BCUT2D eigenvalue weighted by molar-refractivity contribution is 7.89. The number of benzene rings is 2. The first kappa shape index (κ1) is 15.1. The third-order valence-electron chi connectivity index (χ3n) is 4.02.